The van der Waals surface area contributed by atoms with E-state index in [0.29, 0.717) is 23.1 Å². The molecule has 0 aromatic heterocycles. The lowest BCUT2D eigenvalue weighted by atomic mass is 9.90. The summed E-state index contributed by atoms with van der Waals surface area (Å²) in [7, 11) is 1.57. The van der Waals surface area contributed by atoms with Gasteiger partial charge in [0.05, 0.1) is 13.2 Å². The van der Waals surface area contributed by atoms with E-state index in [1.807, 2.05) is 18.2 Å². The largest absolute Gasteiger partial charge is 0.496 e. The zero-order valence-electron chi connectivity index (χ0n) is 11.0. The Hall–Kier alpha value is -1.82. The fourth-order valence-electron chi connectivity index (χ4n) is 3.63. The number of carbonyl (C=O) groups is 1. The number of benzene rings is 1. The molecule has 2 aliphatic carbocycles. The summed E-state index contributed by atoms with van der Waals surface area (Å²) in [6, 6.07) is 9.51. The molecule has 2 aliphatic rings. The molecule has 98 valence electrons. The van der Waals surface area contributed by atoms with E-state index in [0.717, 1.165) is 12.8 Å². The van der Waals surface area contributed by atoms with Gasteiger partial charge in [0.25, 0.3) is 0 Å². The average Bonchev–Trinajstić information content (AvgIpc) is 2.93. The Bertz CT molecular complexity index is 536. The Kier molecular flexibility index (Phi) is 3.02. The quantitative estimate of drug-likeness (QED) is 0.831. The Balaban J connectivity index is 1.85. The minimum atomic E-state index is -0.674. The van der Waals surface area contributed by atoms with E-state index in [9.17, 15) is 10.1 Å². The Labute approximate surface area is 113 Å². The first-order valence-corrected chi connectivity index (χ1v) is 6.84. The van der Waals surface area contributed by atoms with Gasteiger partial charge in [-0.25, -0.2) is 0 Å². The maximum Gasteiger partial charge on any atom is 0.158 e. The second kappa shape index (κ2) is 4.70. The van der Waals surface area contributed by atoms with Crippen molar-refractivity contribution in [2.45, 2.75) is 25.2 Å². The molecule has 2 saturated carbocycles. The van der Waals surface area contributed by atoms with Crippen LogP contribution >= 0.6 is 0 Å². The number of ketones is 1. The number of rotatable bonds is 4. The third-order valence-corrected chi connectivity index (χ3v) is 4.60. The number of hydrogen-bond donors (Lipinski definition) is 0. The van der Waals surface area contributed by atoms with E-state index < -0.39 is 5.92 Å². The van der Waals surface area contributed by atoms with Gasteiger partial charge in [-0.15, -0.1) is 0 Å². The average molecular weight is 255 g/mol. The van der Waals surface area contributed by atoms with Crippen LogP contribution in [0, 0.1) is 29.1 Å². The molecular weight excluding hydrogens is 238 g/mol. The number of methoxy groups -OCH3 is 1. The smallest absolute Gasteiger partial charge is 0.158 e. The first kappa shape index (κ1) is 12.2. The summed E-state index contributed by atoms with van der Waals surface area (Å²) < 4.78 is 5.27. The number of nitrogens with zero attached hydrogens (tertiary/aromatic N) is 1. The molecule has 3 rings (SSSR count). The highest BCUT2D eigenvalue weighted by Gasteiger charge is 2.57. The molecule has 0 bridgehead atoms. The van der Waals surface area contributed by atoms with Crippen LogP contribution in [0.3, 0.4) is 0 Å². The van der Waals surface area contributed by atoms with Crippen molar-refractivity contribution in [3.63, 3.8) is 0 Å². The summed E-state index contributed by atoms with van der Waals surface area (Å²) in [4.78, 5) is 12.5. The van der Waals surface area contributed by atoms with Gasteiger partial charge >= 0.3 is 0 Å². The monoisotopic (exact) mass is 255 g/mol. The van der Waals surface area contributed by atoms with Gasteiger partial charge < -0.3 is 4.74 Å². The third-order valence-electron chi connectivity index (χ3n) is 4.60. The predicted molar refractivity (Wildman–Crippen MR) is 70.7 cm³/mol. The maximum atomic E-state index is 12.5. The maximum absolute atomic E-state index is 12.5. The van der Waals surface area contributed by atoms with E-state index in [-0.39, 0.29) is 11.7 Å². The summed E-state index contributed by atoms with van der Waals surface area (Å²) in [6.45, 7) is 0. The molecule has 3 nitrogen and oxygen atoms in total. The number of ether oxygens (including phenoxy) is 1. The highest BCUT2D eigenvalue weighted by Crippen LogP contribution is 2.59. The lowest BCUT2D eigenvalue weighted by molar-refractivity contribution is -0.121. The van der Waals surface area contributed by atoms with Crippen LogP contribution in [-0.4, -0.2) is 12.9 Å². The minimum Gasteiger partial charge on any atom is -0.496 e. The van der Waals surface area contributed by atoms with Gasteiger partial charge in [0.2, 0.25) is 0 Å². The van der Waals surface area contributed by atoms with Crippen molar-refractivity contribution >= 4 is 5.78 Å². The Morgan fingerprint density at radius 3 is 2.68 bits per heavy atom. The van der Waals surface area contributed by atoms with Gasteiger partial charge in [-0.05, 0) is 30.7 Å². The number of fused-ring (bicyclic) bond motifs is 1. The Morgan fingerprint density at radius 1 is 1.37 bits per heavy atom. The molecule has 0 N–H and O–H groups in total. The molecule has 0 saturated heterocycles. The number of para-hydroxylation sites is 1. The molecule has 19 heavy (non-hydrogen) atoms. The molecule has 0 amide bonds. The van der Waals surface area contributed by atoms with Crippen LogP contribution in [0.5, 0.6) is 5.75 Å². The van der Waals surface area contributed by atoms with Gasteiger partial charge in [-0.3, -0.25) is 4.79 Å². The third kappa shape index (κ3) is 1.92. The van der Waals surface area contributed by atoms with Crippen LogP contribution in [0.2, 0.25) is 0 Å². The molecule has 1 aromatic carbocycles. The zero-order valence-corrected chi connectivity index (χ0v) is 11.0. The molecule has 3 unspecified atom stereocenters. The van der Waals surface area contributed by atoms with Crippen LogP contribution in [0.15, 0.2) is 24.3 Å². The van der Waals surface area contributed by atoms with E-state index in [4.69, 9.17) is 4.74 Å². The molecule has 0 radical (unpaired) electrons. The molecule has 0 spiro atoms. The summed E-state index contributed by atoms with van der Waals surface area (Å²) in [5.74, 6) is 1.29. The molecule has 0 heterocycles. The van der Waals surface area contributed by atoms with E-state index in [2.05, 4.69) is 6.07 Å². The van der Waals surface area contributed by atoms with Gasteiger partial charge in [-0.2, -0.15) is 5.26 Å². The van der Waals surface area contributed by atoms with E-state index in [1.165, 1.54) is 6.42 Å². The molecule has 0 aliphatic heterocycles. The standard InChI is InChI=1S/C16H17NO2/c1-19-14-8-3-2-5-10(14)13(9-17)16(18)15-11-6-4-7-12(11)15/h2-3,5,8,11-13,15H,4,6-7H2,1H3. The van der Waals surface area contributed by atoms with Crippen LogP contribution in [0.25, 0.3) is 0 Å². The fourth-order valence-corrected chi connectivity index (χ4v) is 3.63. The molecular formula is C16H17NO2. The lowest BCUT2D eigenvalue weighted by Crippen LogP contribution is -2.16. The van der Waals surface area contributed by atoms with Gasteiger partial charge in [0.15, 0.2) is 5.78 Å². The first-order chi connectivity index (χ1) is 9.27. The van der Waals surface area contributed by atoms with Gasteiger partial charge in [0, 0.05) is 11.5 Å². The zero-order chi connectivity index (χ0) is 13.4. The number of Topliss-reactive ketones (excluding diaryl/α,β-unsaturated/α-hetero) is 1. The summed E-state index contributed by atoms with van der Waals surface area (Å²) >= 11 is 0. The molecule has 2 fully saturated rings. The molecule has 3 atom stereocenters. The van der Waals surface area contributed by atoms with Crippen molar-refractivity contribution in [3.05, 3.63) is 29.8 Å². The summed E-state index contributed by atoms with van der Waals surface area (Å²) in [5, 5.41) is 9.38. The van der Waals surface area contributed by atoms with Crippen molar-refractivity contribution in [1.29, 1.82) is 5.26 Å². The molecule has 3 heteroatoms. The van der Waals surface area contributed by atoms with Crippen molar-refractivity contribution < 1.29 is 9.53 Å². The van der Waals surface area contributed by atoms with E-state index in [1.54, 1.807) is 13.2 Å². The van der Waals surface area contributed by atoms with Crippen LogP contribution in [-0.2, 0) is 4.79 Å². The van der Waals surface area contributed by atoms with Crippen molar-refractivity contribution in [2.24, 2.45) is 17.8 Å². The number of nitriles is 1. The first-order valence-electron chi connectivity index (χ1n) is 6.84. The van der Waals surface area contributed by atoms with Crippen LogP contribution in [0.4, 0.5) is 0 Å². The Morgan fingerprint density at radius 2 is 2.05 bits per heavy atom. The number of carbonyl (C=O) groups excluding carboxylic acids is 1. The molecule has 1 aromatic rings. The summed E-state index contributed by atoms with van der Waals surface area (Å²) in [6.07, 6.45) is 3.56. The topological polar surface area (TPSA) is 50.1 Å². The van der Waals surface area contributed by atoms with Gasteiger partial charge in [-0.1, -0.05) is 24.6 Å². The van der Waals surface area contributed by atoms with E-state index >= 15 is 0 Å². The van der Waals surface area contributed by atoms with Crippen LogP contribution < -0.4 is 4.74 Å². The van der Waals surface area contributed by atoms with Gasteiger partial charge in [0.1, 0.15) is 11.7 Å². The fraction of sp³-hybridized carbons (Fsp3) is 0.500. The second-order valence-electron chi connectivity index (χ2n) is 5.49. The van der Waals surface area contributed by atoms with Crippen molar-refractivity contribution in [3.8, 4) is 11.8 Å². The minimum absolute atomic E-state index is 0.0988. The van der Waals surface area contributed by atoms with Crippen molar-refractivity contribution in [2.75, 3.05) is 7.11 Å². The number of hydrogen-bond acceptors (Lipinski definition) is 3. The SMILES string of the molecule is COc1ccccc1C(C#N)C(=O)C1C2CCCC21. The lowest BCUT2D eigenvalue weighted by Gasteiger charge is -2.13. The second-order valence-corrected chi connectivity index (χ2v) is 5.49. The highest BCUT2D eigenvalue weighted by molar-refractivity contribution is 5.93. The summed E-state index contributed by atoms with van der Waals surface area (Å²) in [5.41, 5.74) is 0.711. The predicted octanol–water partition coefficient (Wildman–Crippen LogP) is 2.92. The van der Waals surface area contributed by atoms with Crippen LogP contribution in [0.1, 0.15) is 30.7 Å². The van der Waals surface area contributed by atoms with Crippen molar-refractivity contribution in [1.82, 2.24) is 0 Å². The normalized spacial score (nSPS) is 29.2. The highest BCUT2D eigenvalue weighted by atomic mass is 16.5.